The highest BCUT2D eigenvalue weighted by atomic mass is 16.5. The highest BCUT2D eigenvalue weighted by Crippen LogP contribution is 2.36. The number of β-amino-alcohol motifs (C(OH)–C–C–N with tert-alkyl or cyclic N) is 1. The lowest BCUT2D eigenvalue weighted by Crippen LogP contribution is -2.47. The Morgan fingerprint density at radius 2 is 2.20 bits per heavy atom. The van der Waals surface area contributed by atoms with Crippen LogP contribution in [0.5, 0.6) is 11.5 Å². The van der Waals surface area contributed by atoms with Crippen LogP contribution in [0.3, 0.4) is 0 Å². The van der Waals surface area contributed by atoms with Gasteiger partial charge in [0.2, 0.25) is 0 Å². The summed E-state index contributed by atoms with van der Waals surface area (Å²) in [5, 5.41) is 25.4. The van der Waals surface area contributed by atoms with Crippen LogP contribution in [0.15, 0.2) is 12.1 Å². The van der Waals surface area contributed by atoms with Crippen molar-refractivity contribution < 1.29 is 19.4 Å². The van der Waals surface area contributed by atoms with Crippen LogP contribution < -0.4 is 20.1 Å². The number of carbonyl (C=O) groups is 1. The van der Waals surface area contributed by atoms with E-state index in [9.17, 15) is 9.90 Å². The monoisotopic (exact) mass is 416 g/mol. The Morgan fingerprint density at radius 3 is 2.97 bits per heavy atom. The van der Waals surface area contributed by atoms with Crippen LogP contribution in [0, 0.1) is 17.2 Å². The first-order chi connectivity index (χ1) is 14.6. The van der Waals surface area contributed by atoms with E-state index < -0.39 is 6.10 Å². The summed E-state index contributed by atoms with van der Waals surface area (Å²) in [4.78, 5) is 15.2. The predicted octanol–water partition coefficient (Wildman–Crippen LogP) is 2.00. The standard InChI is InChI=1S/C22H32N4O4/c1-2-24-17-12-18(21-20(13-17)29-10-5-11-30-21)22(28)25-14-16-6-9-26(15-19(16)27)8-4-3-7-23/h12-13,16,19,24,27H,2-6,8-11,14-15H2,1H3,(H,25,28)/t16-,19?/m0/s1. The molecule has 1 amide bonds. The predicted molar refractivity (Wildman–Crippen MR) is 114 cm³/mol. The number of hydrogen-bond donors (Lipinski definition) is 3. The number of nitrogens with zero attached hydrogens (tertiary/aromatic N) is 2. The fourth-order valence-corrected chi connectivity index (χ4v) is 3.94. The molecular formula is C22H32N4O4. The van der Waals surface area contributed by atoms with Crippen molar-refractivity contribution in [3.05, 3.63) is 17.7 Å². The maximum atomic E-state index is 13.0. The van der Waals surface area contributed by atoms with Gasteiger partial charge in [0.15, 0.2) is 11.5 Å². The molecule has 2 atom stereocenters. The number of nitriles is 1. The number of fused-ring (bicyclic) bond motifs is 1. The first kappa shape index (κ1) is 22.2. The molecule has 0 radical (unpaired) electrons. The molecular weight excluding hydrogens is 384 g/mol. The zero-order valence-electron chi connectivity index (χ0n) is 17.7. The molecule has 30 heavy (non-hydrogen) atoms. The second-order valence-electron chi connectivity index (χ2n) is 7.82. The molecule has 3 N–H and O–H groups in total. The minimum absolute atomic E-state index is 0.00823. The van der Waals surface area contributed by atoms with Crippen LogP contribution >= 0.6 is 0 Å². The second kappa shape index (κ2) is 11.0. The van der Waals surface area contributed by atoms with Crippen LogP contribution in [0.1, 0.15) is 43.0 Å². The van der Waals surface area contributed by atoms with Gasteiger partial charge < -0.3 is 30.1 Å². The van der Waals surface area contributed by atoms with Crippen molar-refractivity contribution in [2.45, 2.75) is 38.7 Å². The number of unbranched alkanes of at least 4 members (excludes halogenated alkanes) is 1. The summed E-state index contributed by atoms with van der Waals surface area (Å²) in [7, 11) is 0. The molecule has 164 valence electrons. The quantitative estimate of drug-likeness (QED) is 0.557. The van der Waals surface area contributed by atoms with Crippen LogP contribution in [0.25, 0.3) is 0 Å². The van der Waals surface area contributed by atoms with Crippen LogP contribution in [0.2, 0.25) is 0 Å². The third-order valence-electron chi connectivity index (χ3n) is 5.57. The molecule has 8 heteroatoms. The molecule has 1 saturated heterocycles. The van der Waals surface area contributed by atoms with Gasteiger partial charge >= 0.3 is 0 Å². The molecule has 2 aliphatic rings. The molecule has 3 rings (SSSR count). The Morgan fingerprint density at radius 1 is 1.37 bits per heavy atom. The third kappa shape index (κ3) is 5.77. The van der Waals surface area contributed by atoms with Crippen LogP contribution in [0.4, 0.5) is 5.69 Å². The Labute approximate surface area is 178 Å². The molecule has 1 aromatic carbocycles. The summed E-state index contributed by atoms with van der Waals surface area (Å²) in [5.74, 6) is 0.857. The number of piperidine rings is 1. The number of ether oxygens (including phenoxy) is 2. The Balaban J connectivity index is 1.61. The highest BCUT2D eigenvalue weighted by molar-refractivity contribution is 5.99. The molecule has 8 nitrogen and oxygen atoms in total. The number of hydrogen-bond acceptors (Lipinski definition) is 7. The maximum absolute atomic E-state index is 13.0. The van der Waals surface area contributed by atoms with Crippen molar-refractivity contribution in [2.24, 2.45) is 5.92 Å². The first-order valence-electron chi connectivity index (χ1n) is 10.9. The Kier molecular flexibility index (Phi) is 8.17. The van der Waals surface area contributed by atoms with Gasteiger partial charge in [0.05, 0.1) is 31.0 Å². The molecule has 0 saturated carbocycles. The summed E-state index contributed by atoms with van der Waals surface area (Å²) < 4.78 is 11.6. The summed E-state index contributed by atoms with van der Waals surface area (Å²) in [6, 6.07) is 5.81. The zero-order valence-corrected chi connectivity index (χ0v) is 17.7. The number of aliphatic hydroxyl groups excluding tert-OH is 1. The number of likely N-dealkylation sites (tertiary alicyclic amines) is 1. The van der Waals surface area contributed by atoms with E-state index in [1.165, 1.54) is 0 Å². The van der Waals surface area contributed by atoms with E-state index in [0.29, 0.717) is 49.8 Å². The van der Waals surface area contributed by atoms with Crippen molar-refractivity contribution in [3.8, 4) is 17.6 Å². The minimum atomic E-state index is -0.495. The molecule has 1 aromatic rings. The van der Waals surface area contributed by atoms with Crippen molar-refractivity contribution in [2.75, 3.05) is 51.3 Å². The molecule has 2 aliphatic heterocycles. The average molecular weight is 417 g/mol. The van der Waals surface area contributed by atoms with E-state index in [1.807, 2.05) is 13.0 Å². The number of amides is 1. The number of aliphatic hydroxyl groups is 1. The SMILES string of the molecule is CCNc1cc2c(c(C(=O)NC[C@@H]3CCN(CCCC#N)CC3O)c1)OCCCO2. The fraction of sp³-hybridized carbons (Fsp3) is 0.636. The van der Waals surface area contributed by atoms with Gasteiger partial charge in [-0.05, 0) is 38.9 Å². The topological polar surface area (TPSA) is 107 Å². The van der Waals surface area contributed by atoms with Crippen molar-refractivity contribution in [1.29, 1.82) is 5.26 Å². The van der Waals surface area contributed by atoms with Gasteiger partial charge in [0, 0.05) is 50.1 Å². The minimum Gasteiger partial charge on any atom is -0.489 e. The van der Waals surface area contributed by atoms with E-state index in [1.54, 1.807) is 6.07 Å². The molecule has 1 unspecified atom stereocenters. The largest absolute Gasteiger partial charge is 0.489 e. The van der Waals surface area contributed by atoms with Crippen molar-refractivity contribution >= 4 is 11.6 Å². The number of nitrogens with one attached hydrogen (secondary N) is 2. The first-order valence-corrected chi connectivity index (χ1v) is 10.9. The third-order valence-corrected chi connectivity index (χ3v) is 5.57. The second-order valence-corrected chi connectivity index (χ2v) is 7.82. The van der Waals surface area contributed by atoms with E-state index in [2.05, 4.69) is 21.6 Å². The van der Waals surface area contributed by atoms with Crippen LogP contribution in [-0.4, -0.2) is 68.0 Å². The van der Waals surface area contributed by atoms with E-state index in [-0.39, 0.29) is 11.8 Å². The van der Waals surface area contributed by atoms with Gasteiger partial charge in [-0.3, -0.25) is 4.79 Å². The van der Waals surface area contributed by atoms with Crippen molar-refractivity contribution in [1.82, 2.24) is 10.2 Å². The van der Waals surface area contributed by atoms with Gasteiger partial charge in [0.1, 0.15) is 0 Å². The average Bonchev–Trinajstić information content (AvgIpc) is 2.98. The summed E-state index contributed by atoms with van der Waals surface area (Å²) >= 11 is 0. The summed E-state index contributed by atoms with van der Waals surface area (Å²) in [5.41, 5.74) is 1.27. The molecule has 0 spiro atoms. The number of benzene rings is 1. The van der Waals surface area contributed by atoms with Gasteiger partial charge in [-0.15, -0.1) is 0 Å². The molecule has 0 aliphatic carbocycles. The Hall–Kier alpha value is -2.50. The molecule has 2 heterocycles. The molecule has 1 fully saturated rings. The normalized spacial score (nSPS) is 21.4. The van der Waals surface area contributed by atoms with Crippen molar-refractivity contribution in [3.63, 3.8) is 0 Å². The molecule has 0 aromatic heterocycles. The maximum Gasteiger partial charge on any atom is 0.255 e. The van der Waals surface area contributed by atoms with Gasteiger partial charge in [-0.25, -0.2) is 0 Å². The lowest BCUT2D eigenvalue weighted by molar-refractivity contribution is 0.0219. The van der Waals surface area contributed by atoms with E-state index in [4.69, 9.17) is 14.7 Å². The Bertz CT molecular complexity index is 764. The fourth-order valence-electron chi connectivity index (χ4n) is 3.94. The van der Waals surface area contributed by atoms with E-state index in [0.717, 1.165) is 44.6 Å². The lowest BCUT2D eigenvalue weighted by atomic mass is 9.93. The van der Waals surface area contributed by atoms with Gasteiger partial charge in [0.25, 0.3) is 5.91 Å². The van der Waals surface area contributed by atoms with Crippen LogP contribution in [-0.2, 0) is 0 Å². The number of carbonyl (C=O) groups excluding carboxylic acids is 1. The van der Waals surface area contributed by atoms with Gasteiger partial charge in [-0.2, -0.15) is 5.26 Å². The smallest absolute Gasteiger partial charge is 0.255 e. The summed E-state index contributed by atoms with van der Waals surface area (Å²) in [6.07, 6.45) is 2.44. The summed E-state index contributed by atoms with van der Waals surface area (Å²) in [6.45, 7) is 6.48. The number of rotatable bonds is 8. The lowest BCUT2D eigenvalue weighted by Gasteiger charge is -2.36. The number of anilines is 1. The molecule has 0 bridgehead atoms. The van der Waals surface area contributed by atoms with E-state index >= 15 is 0 Å². The zero-order chi connectivity index (χ0) is 21.3. The highest BCUT2D eigenvalue weighted by Gasteiger charge is 2.28. The van der Waals surface area contributed by atoms with Gasteiger partial charge in [-0.1, -0.05) is 0 Å².